The summed E-state index contributed by atoms with van der Waals surface area (Å²) in [5.74, 6) is -0.756. The van der Waals surface area contributed by atoms with Crippen molar-refractivity contribution in [3.63, 3.8) is 0 Å². The molecule has 0 fully saturated rings. The number of carbonyl (C=O) groups excluding carboxylic acids is 3. The van der Waals surface area contributed by atoms with E-state index in [0.29, 0.717) is 12.2 Å². The summed E-state index contributed by atoms with van der Waals surface area (Å²) in [6.07, 6.45) is 1.87. The Morgan fingerprint density at radius 3 is 2.74 bits per heavy atom. The van der Waals surface area contributed by atoms with Gasteiger partial charge in [-0.2, -0.15) is 4.98 Å². The van der Waals surface area contributed by atoms with Crippen LogP contribution in [0, 0.1) is 6.92 Å². The van der Waals surface area contributed by atoms with Gasteiger partial charge in [0.1, 0.15) is 17.1 Å². The van der Waals surface area contributed by atoms with E-state index < -0.39 is 11.9 Å². The Labute approximate surface area is 176 Å². The van der Waals surface area contributed by atoms with Crippen molar-refractivity contribution in [3.8, 4) is 0 Å². The van der Waals surface area contributed by atoms with Crippen molar-refractivity contribution in [2.75, 3.05) is 18.9 Å². The molecule has 0 saturated heterocycles. The minimum Gasteiger partial charge on any atom is -0.462 e. The summed E-state index contributed by atoms with van der Waals surface area (Å²) in [5, 5.41) is 2.90. The molecule has 3 aromatic heterocycles. The lowest BCUT2D eigenvalue weighted by Gasteiger charge is -2.06. The Hall–Kier alpha value is -3.89. The second kappa shape index (κ2) is 9.74. The summed E-state index contributed by atoms with van der Waals surface area (Å²) in [6.45, 7) is 3.55. The van der Waals surface area contributed by atoms with E-state index in [9.17, 15) is 14.4 Å². The maximum absolute atomic E-state index is 12.1. The first-order valence-electron chi connectivity index (χ1n) is 9.60. The molecule has 11 nitrogen and oxygen atoms in total. The zero-order valence-electron chi connectivity index (χ0n) is 17.1. The Bertz CT molecular complexity index is 1090. The quantitative estimate of drug-likeness (QED) is 0.380. The van der Waals surface area contributed by atoms with Gasteiger partial charge in [-0.15, -0.1) is 0 Å². The first kappa shape index (κ1) is 21.8. The van der Waals surface area contributed by atoms with Crippen LogP contribution in [0.3, 0.4) is 0 Å². The van der Waals surface area contributed by atoms with Crippen LogP contribution in [0.15, 0.2) is 27.2 Å². The number of fused-ring (bicyclic) bond motifs is 1. The molecule has 3 aromatic rings. The van der Waals surface area contributed by atoms with Gasteiger partial charge < -0.3 is 29.4 Å². The third-order valence-electron chi connectivity index (χ3n) is 4.23. The fraction of sp³-hybridized carbons (Fsp3) is 0.350. The molecule has 164 valence electrons. The molecule has 11 heteroatoms. The Kier molecular flexibility index (Phi) is 6.85. The van der Waals surface area contributed by atoms with Crippen LogP contribution in [0.1, 0.15) is 52.3 Å². The van der Waals surface area contributed by atoms with Gasteiger partial charge in [-0.1, -0.05) is 0 Å². The van der Waals surface area contributed by atoms with Crippen molar-refractivity contribution in [3.05, 3.63) is 41.3 Å². The summed E-state index contributed by atoms with van der Waals surface area (Å²) in [6, 6.07) is 3.16. The molecule has 0 atom stereocenters. The van der Waals surface area contributed by atoms with Crippen molar-refractivity contribution in [1.29, 1.82) is 0 Å². The van der Waals surface area contributed by atoms with Crippen LogP contribution in [0.2, 0.25) is 0 Å². The molecule has 0 saturated carbocycles. The lowest BCUT2D eigenvalue weighted by atomic mass is 10.2. The SMILES string of the molecule is CCOC(=O)c1c(C)oc2nc(COC(=O)CCCNC(=O)c3ccco3)nc(N)c12. The average molecular weight is 430 g/mol. The molecule has 0 aliphatic rings. The average Bonchev–Trinajstić information content (AvgIpc) is 3.37. The molecule has 0 spiro atoms. The zero-order valence-corrected chi connectivity index (χ0v) is 17.1. The summed E-state index contributed by atoms with van der Waals surface area (Å²) >= 11 is 0. The van der Waals surface area contributed by atoms with Gasteiger partial charge in [-0.25, -0.2) is 9.78 Å². The maximum atomic E-state index is 12.1. The molecule has 0 radical (unpaired) electrons. The molecule has 0 unspecified atom stereocenters. The van der Waals surface area contributed by atoms with Crippen LogP contribution >= 0.6 is 0 Å². The highest BCUT2D eigenvalue weighted by atomic mass is 16.5. The summed E-state index contributed by atoms with van der Waals surface area (Å²) in [4.78, 5) is 44.0. The number of carbonyl (C=O) groups is 3. The van der Waals surface area contributed by atoms with E-state index in [4.69, 9.17) is 24.0 Å². The number of amides is 1. The van der Waals surface area contributed by atoms with E-state index in [1.54, 1.807) is 26.0 Å². The van der Waals surface area contributed by atoms with E-state index in [1.165, 1.54) is 6.26 Å². The third-order valence-corrected chi connectivity index (χ3v) is 4.23. The van der Waals surface area contributed by atoms with Crippen LogP contribution in [0.25, 0.3) is 11.1 Å². The van der Waals surface area contributed by atoms with Gasteiger partial charge in [0.15, 0.2) is 18.2 Å². The van der Waals surface area contributed by atoms with Crippen LogP contribution < -0.4 is 11.1 Å². The monoisotopic (exact) mass is 430 g/mol. The predicted octanol–water partition coefficient (Wildman–Crippen LogP) is 2.14. The largest absolute Gasteiger partial charge is 0.462 e. The number of ether oxygens (including phenoxy) is 2. The molecular formula is C20H22N4O7. The number of nitrogens with zero attached hydrogens (tertiary/aromatic N) is 2. The molecule has 3 N–H and O–H groups in total. The first-order chi connectivity index (χ1) is 14.9. The highest BCUT2D eigenvalue weighted by molar-refractivity contribution is 6.07. The molecule has 3 heterocycles. The van der Waals surface area contributed by atoms with Crippen molar-refractivity contribution in [2.45, 2.75) is 33.3 Å². The van der Waals surface area contributed by atoms with E-state index in [2.05, 4.69) is 15.3 Å². The molecule has 0 bridgehead atoms. The number of esters is 2. The van der Waals surface area contributed by atoms with Crippen LogP contribution in [-0.2, 0) is 20.9 Å². The number of hydrogen-bond acceptors (Lipinski definition) is 10. The Morgan fingerprint density at radius 1 is 1.23 bits per heavy atom. The lowest BCUT2D eigenvalue weighted by Crippen LogP contribution is -2.24. The van der Waals surface area contributed by atoms with Crippen LogP contribution in [0.4, 0.5) is 5.82 Å². The smallest absolute Gasteiger partial charge is 0.342 e. The molecule has 0 aliphatic heterocycles. The zero-order chi connectivity index (χ0) is 22.4. The van der Waals surface area contributed by atoms with Gasteiger partial charge >= 0.3 is 11.9 Å². The number of aryl methyl sites for hydroxylation is 1. The van der Waals surface area contributed by atoms with Crippen LogP contribution in [-0.4, -0.2) is 41.0 Å². The minimum atomic E-state index is -0.577. The number of furan rings is 2. The number of nitrogen functional groups attached to an aromatic ring is 1. The number of aromatic nitrogens is 2. The van der Waals surface area contributed by atoms with Crippen molar-refractivity contribution in [2.24, 2.45) is 0 Å². The normalized spacial score (nSPS) is 10.8. The second-order valence-corrected chi connectivity index (χ2v) is 6.46. The molecule has 3 rings (SSSR count). The summed E-state index contributed by atoms with van der Waals surface area (Å²) in [7, 11) is 0. The van der Waals surface area contributed by atoms with Crippen molar-refractivity contribution < 1.29 is 32.7 Å². The van der Waals surface area contributed by atoms with E-state index in [0.717, 1.165) is 0 Å². The first-order valence-corrected chi connectivity index (χ1v) is 9.60. The molecular weight excluding hydrogens is 408 g/mol. The summed E-state index contributed by atoms with van der Waals surface area (Å²) in [5.41, 5.74) is 6.26. The second-order valence-electron chi connectivity index (χ2n) is 6.46. The van der Waals surface area contributed by atoms with E-state index >= 15 is 0 Å². The van der Waals surface area contributed by atoms with E-state index in [-0.39, 0.29) is 66.2 Å². The Balaban J connectivity index is 1.53. The Morgan fingerprint density at radius 2 is 2.03 bits per heavy atom. The fourth-order valence-corrected chi connectivity index (χ4v) is 2.84. The highest BCUT2D eigenvalue weighted by Gasteiger charge is 2.24. The highest BCUT2D eigenvalue weighted by Crippen LogP contribution is 2.29. The van der Waals surface area contributed by atoms with Gasteiger partial charge in [0.05, 0.1) is 18.3 Å². The fourth-order valence-electron chi connectivity index (χ4n) is 2.84. The van der Waals surface area contributed by atoms with E-state index in [1.807, 2.05) is 0 Å². The topological polar surface area (TPSA) is 160 Å². The molecule has 0 aromatic carbocycles. The third kappa shape index (κ3) is 5.18. The van der Waals surface area contributed by atoms with Gasteiger partial charge in [0, 0.05) is 13.0 Å². The maximum Gasteiger partial charge on any atom is 0.342 e. The van der Waals surface area contributed by atoms with Gasteiger partial charge in [0.2, 0.25) is 5.71 Å². The van der Waals surface area contributed by atoms with Gasteiger partial charge in [-0.05, 0) is 32.4 Å². The number of nitrogens with two attached hydrogens (primary N) is 1. The number of nitrogens with one attached hydrogen (secondary N) is 1. The molecule has 1 amide bonds. The van der Waals surface area contributed by atoms with Crippen LogP contribution in [0.5, 0.6) is 0 Å². The number of anilines is 1. The minimum absolute atomic E-state index is 0.0246. The van der Waals surface area contributed by atoms with Crippen molar-refractivity contribution in [1.82, 2.24) is 15.3 Å². The lowest BCUT2D eigenvalue weighted by molar-refractivity contribution is -0.145. The number of rotatable bonds is 9. The standard InChI is InChI=1S/C20H22N4O7/c1-3-28-20(27)15-11(2)31-19-16(15)17(21)23-13(24-19)10-30-14(25)7-4-8-22-18(26)12-6-5-9-29-12/h5-6,9H,3-4,7-8,10H2,1-2H3,(H,22,26)(H2,21,23,24). The van der Waals surface area contributed by atoms with Gasteiger partial charge in [0.25, 0.3) is 5.91 Å². The number of hydrogen-bond donors (Lipinski definition) is 2. The summed E-state index contributed by atoms with van der Waals surface area (Å²) < 4.78 is 20.6. The van der Waals surface area contributed by atoms with Gasteiger partial charge in [-0.3, -0.25) is 9.59 Å². The molecule has 31 heavy (non-hydrogen) atoms. The predicted molar refractivity (Wildman–Crippen MR) is 107 cm³/mol. The van der Waals surface area contributed by atoms with Crippen molar-refractivity contribution >= 4 is 34.8 Å². The molecule has 0 aliphatic carbocycles.